The van der Waals surface area contributed by atoms with Crippen LogP contribution in [0.4, 0.5) is 0 Å². The molecule has 1 fully saturated rings. The van der Waals surface area contributed by atoms with Gasteiger partial charge in [-0.1, -0.05) is 19.8 Å². The SMILES string of the molecule is CCC1(C(O)c2c(Br)cnn2C)CCCC1. The number of aromatic nitrogens is 2. The van der Waals surface area contributed by atoms with Gasteiger partial charge in [-0.25, -0.2) is 0 Å². The average molecular weight is 287 g/mol. The molecule has 0 radical (unpaired) electrons. The zero-order valence-corrected chi connectivity index (χ0v) is 11.5. The molecule has 1 aliphatic carbocycles. The maximum Gasteiger partial charge on any atom is 0.102 e. The van der Waals surface area contributed by atoms with Crippen LogP contribution in [0.25, 0.3) is 0 Å². The fourth-order valence-corrected chi connectivity index (χ4v) is 3.48. The molecule has 1 unspecified atom stereocenters. The fourth-order valence-electron chi connectivity index (χ4n) is 2.92. The highest BCUT2D eigenvalue weighted by Crippen LogP contribution is 2.50. The third-order valence-corrected chi connectivity index (χ3v) is 4.69. The van der Waals surface area contributed by atoms with Gasteiger partial charge in [0.15, 0.2) is 0 Å². The van der Waals surface area contributed by atoms with Crippen LogP contribution in [-0.2, 0) is 7.05 Å². The van der Waals surface area contributed by atoms with Crippen molar-refractivity contribution in [2.24, 2.45) is 12.5 Å². The zero-order valence-electron chi connectivity index (χ0n) is 9.91. The van der Waals surface area contributed by atoms with Crippen molar-refractivity contribution in [3.05, 3.63) is 16.4 Å². The molecule has 0 aliphatic heterocycles. The highest BCUT2D eigenvalue weighted by Gasteiger charge is 2.41. The molecule has 2 rings (SSSR count). The van der Waals surface area contributed by atoms with E-state index in [1.54, 1.807) is 10.9 Å². The van der Waals surface area contributed by atoms with E-state index in [1.165, 1.54) is 12.8 Å². The van der Waals surface area contributed by atoms with Gasteiger partial charge in [0, 0.05) is 12.5 Å². The predicted molar refractivity (Wildman–Crippen MR) is 67.1 cm³/mol. The molecule has 1 N–H and O–H groups in total. The lowest BCUT2D eigenvalue weighted by molar-refractivity contribution is 0.0172. The quantitative estimate of drug-likeness (QED) is 0.927. The van der Waals surface area contributed by atoms with Crippen LogP contribution >= 0.6 is 15.9 Å². The molecule has 0 aromatic carbocycles. The van der Waals surface area contributed by atoms with Crippen LogP contribution in [0.3, 0.4) is 0 Å². The molecule has 0 spiro atoms. The lowest BCUT2D eigenvalue weighted by Gasteiger charge is -2.33. The molecule has 1 saturated carbocycles. The summed E-state index contributed by atoms with van der Waals surface area (Å²) in [7, 11) is 1.89. The summed E-state index contributed by atoms with van der Waals surface area (Å²) in [6.45, 7) is 2.18. The predicted octanol–water partition coefficient (Wildman–Crippen LogP) is 3.19. The summed E-state index contributed by atoms with van der Waals surface area (Å²) >= 11 is 3.47. The van der Waals surface area contributed by atoms with E-state index < -0.39 is 6.10 Å². The summed E-state index contributed by atoms with van der Waals surface area (Å²) in [4.78, 5) is 0. The number of hydrogen-bond donors (Lipinski definition) is 1. The smallest absolute Gasteiger partial charge is 0.102 e. The molecular weight excluding hydrogens is 268 g/mol. The maximum atomic E-state index is 10.6. The Morgan fingerprint density at radius 2 is 2.19 bits per heavy atom. The summed E-state index contributed by atoms with van der Waals surface area (Å²) in [6.07, 6.45) is 7.12. The second-order valence-electron chi connectivity index (χ2n) is 4.83. The van der Waals surface area contributed by atoms with Gasteiger partial charge in [0.2, 0.25) is 0 Å². The van der Waals surface area contributed by atoms with Gasteiger partial charge in [0.25, 0.3) is 0 Å². The number of halogens is 1. The molecule has 0 saturated heterocycles. The summed E-state index contributed by atoms with van der Waals surface area (Å²) in [5.74, 6) is 0. The molecule has 1 aromatic rings. The first-order valence-corrected chi connectivity index (χ1v) is 6.75. The number of hydrogen-bond acceptors (Lipinski definition) is 2. The van der Waals surface area contributed by atoms with E-state index in [4.69, 9.17) is 0 Å². The highest BCUT2D eigenvalue weighted by molar-refractivity contribution is 9.10. The van der Waals surface area contributed by atoms with E-state index in [0.717, 1.165) is 29.4 Å². The van der Waals surface area contributed by atoms with Crippen molar-refractivity contribution in [2.45, 2.75) is 45.1 Å². The van der Waals surface area contributed by atoms with Gasteiger partial charge in [-0.15, -0.1) is 0 Å². The largest absolute Gasteiger partial charge is 0.386 e. The van der Waals surface area contributed by atoms with Crippen LogP contribution in [0.2, 0.25) is 0 Å². The summed E-state index contributed by atoms with van der Waals surface area (Å²) in [6, 6.07) is 0. The summed E-state index contributed by atoms with van der Waals surface area (Å²) in [5, 5.41) is 14.8. The standard InChI is InChI=1S/C12H19BrN2O/c1-3-12(6-4-5-7-12)11(16)10-9(13)8-14-15(10)2/h8,11,16H,3-7H2,1-2H3. The van der Waals surface area contributed by atoms with Crippen LogP contribution in [0, 0.1) is 5.41 Å². The number of aryl methyl sites for hydroxylation is 1. The van der Waals surface area contributed by atoms with Crippen LogP contribution in [0.5, 0.6) is 0 Å². The molecule has 3 nitrogen and oxygen atoms in total. The number of aliphatic hydroxyl groups excluding tert-OH is 1. The van der Waals surface area contributed by atoms with Crippen molar-refractivity contribution in [2.75, 3.05) is 0 Å². The summed E-state index contributed by atoms with van der Waals surface area (Å²) < 4.78 is 2.70. The van der Waals surface area contributed by atoms with Gasteiger partial charge in [-0.2, -0.15) is 5.10 Å². The molecule has 90 valence electrons. The van der Waals surface area contributed by atoms with E-state index in [0.29, 0.717) is 0 Å². The molecule has 0 bridgehead atoms. The molecular formula is C12H19BrN2O. The van der Waals surface area contributed by atoms with E-state index >= 15 is 0 Å². The first-order chi connectivity index (χ1) is 7.60. The van der Waals surface area contributed by atoms with E-state index in [-0.39, 0.29) is 5.41 Å². The second kappa shape index (κ2) is 4.49. The third-order valence-electron chi connectivity index (χ3n) is 4.08. The maximum absolute atomic E-state index is 10.6. The van der Waals surface area contributed by atoms with E-state index in [9.17, 15) is 5.11 Å². The van der Waals surface area contributed by atoms with Gasteiger partial charge in [-0.05, 0) is 35.2 Å². The molecule has 1 aliphatic rings. The number of rotatable bonds is 3. The minimum Gasteiger partial charge on any atom is -0.386 e. The van der Waals surface area contributed by atoms with E-state index in [1.807, 2.05) is 7.05 Å². The average Bonchev–Trinajstić information content (AvgIpc) is 2.86. The Morgan fingerprint density at radius 1 is 1.56 bits per heavy atom. The first-order valence-electron chi connectivity index (χ1n) is 5.96. The Labute approximate surface area is 105 Å². The minimum absolute atomic E-state index is 0.0658. The number of nitrogens with zero attached hydrogens (tertiary/aromatic N) is 2. The van der Waals surface area contributed by atoms with Crippen LogP contribution in [0.15, 0.2) is 10.7 Å². The first kappa shape index (κ1) is 12.1. The summed E-state index contributed by atoms with van der Waals surface area (Å²) in [5.41, 5.74) is 0.986. The van der Waals surface area contributed by atoms with Crippen LogP contribution in [-0.4, -0.2) is 14.9 Å². The second-order valence-corrected chi connectivity index (χ2v) is 5.68. The van der Waals surface area contributed by atoms with Gasteiger partial charge in [0.1, 0.15) is 6.10 Å². The monoisotopic (exact) mass is 286 g/mol. The number of aliphatic hydroxyl groups is 1. The van der Waals surface area contributed by atoms with Crippen molar-refractivity contribution in [1.82, 2.24) is 9.78 Å². The van der Waals surface area contributed by atoms with Crippen molar-refractivity contribution >= 4 is 15.9 Å². The van der Waals surface area contributed by atoms with Gasteiger partial charge in [0.05, 0.1) is 16.4 Å². The van der Waals surface area contributed by atoms with Gasteiger partial charge >= 0.3 is 0 Å². The molecule has 0 amide bonds. The fraction of sp³-hybridized carbons (Fsp3) is 0.750. The van der Waals surface area contributed by atoms with Crippen molar-refractivity contribution in [3.8, 4) is 0 Å². The third kappa shape index (κ3) is 1.82. The highest BCUT2D eigenvalue weighted by atomic mass is 79.9. The minimum atomic E-state index is -0.401. The Balaban J connectivity index is 2.33. The van der Waals surface area contributed by atoms with Crippen molar-refractivity contribution < 1.29 is 5.11 Å². The Kier molecular flexibility index (Phi) is 3.40. The van der Waals surface area contributed by atoms with Crippen LogP contribution in [0.1, 0.15) is 50.8 Å². The molecule has 16 heavy (non-hydrogen) atoms. The Hall–Kier alpha value is -0.350. The van der Waals surface area contributed by atoms with E-state index in [2.05, 4.69) is 28.0 Å². The molecule has 1 heterocycles. The molecule has 1 atom stereocenters. The Morgan fingerprint density at radius 3 is 2.62 bits per heavy atom. The van der Waals surface area contributed by atoms with Crippen molar-refractivity contribution in [1.29, 1.82) is 0 Å². The van der Waals surface area contributed by atoms with Gasteiger partial charge in [-0.3, -0.25) is 4.68 Å². The van der Waals surface area contributed by atoms with Gasteiger partial charge < -0.3 is 5.11 Å². The normalized spacial score (nSPS) is 21.2. The Bertz CT molecular complexity index is 350. The zero-order chi connectivity index (χ0) is 11.8. The molecule has 1 aromatic heterocycles. The van der Waals surface area contributed by atoms with Crippen molar-refractivity contribution in [3.63, 3.8) is 0 Å². The topological polar surface area (TPSA) is 38.1 Å². The molecule has 4 heteroatoms. The lowest BCUT2D eigenvalue weighted by atomic mass is 9.76. The lowest BCUT2D eigenvalue weighted by Crippen LogP contribution is -2.27. The van der Waals surface area contributed by atoms with Crippen LogP contribution < -0.4 is 0 Å².